The van der Waals surface area contributed by atoms with Crippen molar-refractivity contribution in [2.24, 2.45) is 10.9 Å². The number of ether oxygens (including phenoxy) is 1. The number of benzene rings is 2. The van der Waals surface area contributed by atoms with Crippen LogP contribution in [-0.2, 0) is 0 Å². The number of rotatable bonds is 4. The van der Waals surface area contributed by atoms with Crippen molar-refractivity contribution in [2.45, 2.75) is 13.3 Å². The van der Waals surface area contributed by atoms with Crippen LogP contribution < -0.4 is 10.5 Å². The molecule has 0 bridgehead atoms. The van der Waals surface area contributed by atoms with Gasteiger partial charge in [-0.2, -0.15) is 0 Å². The van der Waals surface area contributed by atoms with Crippen molar-refractivity contribution in [3.8, 4) is 5.75 Å². The largest absolute Gasteiger partial charge is 0.493 e. The predicted octanol–water partition coefficient (Wildman–Crippen LogP) is 2.72. The topological polar surface area (TPSA) is 67.8 Å². The van der Waals surface area contributed by atoms with E-state index in [0.717, 1.165) is 22.9 Å². The van der Waals surface area contributed by atoms with Crippen LogP contribution in [-0.4, -0.2) is 17.6 Å². The van der Waals surface area contributed by atoms with Gasteiger partial charge >= 0.3 is 0 Å². The molecule has 0 heterocycles. The Hall–Kier alpha value is -2.23. The molecule has 18 heavy (non-hydrogen) atoms. The third-order valence-electron chi connectivity index (χ3n) is 2.73. The molecule has 3 N–H and O–H groups in total. The Morgan fingerprint density at radius 3 is 2.61 bits per heavy atom. The summed E-state index contributed by atoms with van der Waals surface area (Å²) in [5.41, 5.74) is 6.38. The lowest BCUT2D eigenvalue weighted by Gasteiger charge is -2.11. The van der Waals surface area contributed by atoms with Crippen LogP contribution in [0.1, 0.15) is 18.9 Å². The minimum Gasteiger partial charge on any atom is -0.493 e. The third-order valence-corrected chi connectivity index (χ3v) is 2.73. The van der Waals surface area contributed by atoms with E-state index in [1.54, 1.807) is 0 Å². The third kappa shape index (κ3) is 2.22. The van der Waals surface area contributed by atoms with Crippen molar-refractivity contribution in [3.05, 3.63) is 42.0 Å². The zero-order valence-electron chi connectivity index (χ0n) is 10.3. The molecule has 0 aliphatic rings. The molecule has 0 spiro atoms. The lowest BCUT2D eigenvalue weighted by molar-refractivity contribution is 0.318. The first kappa shape index (κ1) is 12.2. The van der Waals surface area contributed by atoms with E-state index in [1.807, 2.05) is 36.4 Å². The second-order valence-electron chi connectivity index (χ2n) is 3.99. The fourth-order valence-corrected chi connectivity index (χ4v) is 1.89. The SMILES string of the molecule is CCCOc1ccc(/C(N)=N/O)c2ccccc12. The maximum atomic E-state index is 8.79. The number of nitrogens with zero attached hydrogens (tertiary/aromatic N) is 1. The summed E-state index contributed by atoms with van der Waals surface area (Å²) >= 11 is 0. The number of nitrogens with two attached hydrogens (primary N) is 1. The molecular formula is C14H16N2O2. The van der Waals surface area contributed by atoms with Gasteiger partial charge in [0.25, 0.3) is 0 Å². The van der Waals surface area contributed by atoms with E-state index in [-0.39, 0.29) is 5.84 Å². The number of amidine groups is 1. The van der Waals surface area contributed by atoms with E-state index >= 15 is 0 Å². The Labute approximate surface area is 106 Å². The van der Waals surface area contributed by atoms with Gasteiger partial charge in [-0.25, -0.2) is 0 Å². The summed E-state index contributed by atoms with van der Waals surface area (Å²) in [5, 5.41) is 13.7. The molecule has 0 amide bonds. The first-order valence-corrected chi connectivity index (χ1v) is 5.90. The molecule has 0 fully saturated rings. The van der Waals surface area contributed by atoms with Gasteiger partial charge in [-0.05, 0) is 23.9 Å². The molecule has 0 aromatic heterocycles. The van der Waals surface area contributed by atoms with E-state index < -0.39 is 0 Å². The Balaban J connectivity index is 2.59. The second kappa shape index (κ2) is 5.40. The Morgan fingerprint density at radius 2 is 1.94 bits per heavy atom. The summed E-state index contributed by atoms with van der Waals surface area (Å²) in [4.78, 5) is 0. The van der Waals surface area contributed by atoms with Crippen molar-refractivity contribution in [1.29, 1.82) is 0 Å². The van der Waals surface area contributed by atoms with Gasteiger partial charge in [-0.3, -0.25) is 0 Å². The van der Waals surface area contributed by atoms with Gasteiger partial charge in [-0.1, -0.05) is 36.3 Å². The Kier molecular flexibility index (Phi) is 3.67. The molecule has 2 aromatic carbocycles. The highest BCUT2D eigenvalue weighted by atomic mass is 16.5. The number of oxime groups is 1. The normalized spacial score (nSPS) is 11.7. The van der Waals surface area contributed by atoms with Crippen LogP contribution in [0.3, 0.4) is 0 Å². The fourth-order valence-electron chi connectivity index (χ4n) is 1.89. The molecule has 2 rings (SSSR count). The molecule has 4 nitrogen and oxygen atoms in total. The summed E-state index contributed by atoms with van der Waals surface area (Å²) in [7, 11) is 0. The number of hydrogen-bond acceptors (Lipinski definition) is 3. The first-order valence-electron chi connectivity index (χ1n) is 5.90. The molecular weight excluding hydrogens is 228 g/mol. The molecule has 94 valence electrons. The molecule has 0 aliphatic carbocycles. The predicted molar refractivity (Wildman–Crippen MR) is 72.2 cm³/mol. The summed E-state index contributed by atoms with van der Waals surface area (Å²) in [6.45, 7) is 2.74. The Morgan fingerprint density at radius 1 is 1.22 bits per heavy atom. The Bertz CT molecular complexity index is 579. The molecule has 0 radical (unpaired) electrons. The van der Waals surface area contributed by atoms with Gasteiger partial charge in [0.2, 0.25) is 0 Å². The van der Waals surface area contributed by atoms with Crippen LogP contribution in [0.5, 0.6) is 5.75 Å². The molecule has 0 atom stereocenters. The van der Waals surface area contributed by atoms with Gasteiger partial charge in [0.05, 0.1) is 6.61 Å². The average molecular weight is 244 g/mol. The molecule has 0 saturated heterocycles. The quantitative estimate of drug-likeness (QED) is 0.376. The maximum absolute atomic E-state index is 8.79. The van der Waals surface area contributed by atoms with E-state index in [0.29, 0.717) is 12.2 Å². The minimum absolute atomic E-state index is 0.105. The second-order valence-corrected chi connectivity index (χ2v) is 3.99. The average Bonchev–Trinajstić information content (AvgIpc) is 2.43. The maximum Gasteiger partial charge on any atom is 0.170 e. The van der Waals surface area contributed by atoms with Crippen LogP contribution in [0.15, 0.2) is 41.6 Å². The van der Waals surface area contributed by atoms with E-state index in [1.165, 1.54) is 0 Å². The first-order chi connectivity index (χ1) is 8.77. The summed E-state index contributed by atoms with van der Waals surface area (Å²) in [6.07, 6.45) is 0.955. The van der Waals surface area contributed by atoms with Gasteiger partial charge in [-0.15, -0.1) is 0 Å². The van der Waals surface area contributed by atoms with E-state index in [9.17, 15) is 0 Å². The molecule has 0 unspecified atom stereocenters. The highest BCUT2D eigenvalue weighted by Crippen LogP contribution is 2.28. The van der Waals surface area contributed by atoms with Gasteiger partial charge < -0.3 is 15.7 Å². The van der Waals surface area contributed by atoms with Gasteiger partial charge in [0, 0.05) is 10.9 Å². The van der Waals surface area contributed by atoms with Crippen molar-refractivity contribution in [2.75, 3.05) is 6.61 Å². The van der Waals surface area contributed by atoms with Crippen molar-refractivity contribution >= 4 is 16.6 Å². The van der Waals surface area contributed by atoms with Crippen molar-refractivity contribution in [3.63, 3.8) is 0 Å². The van der Waals surface area contributed by atoms with Crippen LogP contribution >= 0.6 is 0 Å². The lowest BCUT2D eigenvalue weighted by Crippen LogP contribution is -2.13. The van der Waals surface area contributed by atoms with Gasteiger partial charge in [0.15, 0.2) is 5.84 Å². The van der Waals surface area contributed by atoms with Crippen molar-refractivity contribution in [1.82, 2.24) is 0 Å². The van der Waals surface area contributed by atoms with E-state index in [4.69, 9.17) is 15.7 Å². The van der Waals surface area contributed by atoms with Crippen molar-refractivity contribution < 1.29 is 9.94 Å². The zero-order chi connectivity index (χ0) is 13.0. The molecule has 4 heteroatoms. The highest BCUT2D eigenvalue weighted by Gasteiger charge is 2.09. The lowest BCUT2D eigenvalue weighted by atomic mass is 10.0. The zero-order valence-corrected chi connectivity index (χ0v) is 10.3. The van der Waals surface area contributed by atoms with Gasteiger partial charge in [0.1, 0.15) is 5.75 Å². The standard InChI is InChI=1S/C14H16N2O2/c1-2-9-18-13-8-7-12(14(15)16-17)10-5-3-4-6-11(10)13/h3-8,17H,2,9H2,1H3,(H2,15,16). The number of fused-ring (bicyclic) bond motifs is 1. The summed E-state index contributed by atoms with van der Waals surface area (Å²) < 4.78 is 5.69. The monoisotopic (exact) mass is 244 g/mol. The smallest absolute Gasteiger partial charge is 0.170 e. The summed E-state index contributed by atoms with van der Waals surface area (Å²) in [6, 6.07) is 11.4. The van der Waals surface area contributed by atoms with Crippen LogP contribution in [0, 0.1) is 0 Å². The van der Waals surface area contributed by atoms with E-state index in [2.05, 4.69) is 12.1 Å². The molecule has 2 aromatic rings. The molecule has 0 saturated carbocycles. The fraction of sp³-hybridized carbons (Fsp3) is 0.214. The summed E-state index contributed by atoms with van der Waals surface area (Å²) in [5.74, 6) is 0.926. The van der Waals surface area contributed by atoms with Crippen LogP contribution in [0.25, 0.3) is 10.8 Å². The van der Waals surface area contributed by atoms with Crippen LogP contribution in [0.4, 0.5) is 0 Å². The minimum atomic E-state index is 0.105. The number of hydrogen-bond donors (Lipinski definition) is 2. The highest BCUT2D eigenvalue weighted by molar-refractivity contribution is 6.10. The van der Waals surface area contributed by atoms with Crippen LogP contribution in [0.2, 0.25) is 0 Å². The molecule has 0 aliphatic heterocycles.